The molecule has 2 atom stereocenters. The van der Waals surface area contributed by atoms with Gasteiger partial charge in [-0.25, -0.2) is 4.79 Å². The summed E-state index contributed by atoms with van der Waals surface area (Å²) >= 11 is 0. The quantitative estimate of drug-likeness (QED) is 0.262. The molecule has 2 unspecified atom stereocenters. The number of ether oxygens (including phenoxy) is 1. The Morgan fingerprint density at radius 1 is 1.05 bits per heavy atom. The summed E-state index contributed by atoms with van der Waals surface area (Å²) < 4.78 is 10.4. The van der Waals surface area contributed by atoms with E-state index in [1.54, 1.807) is 6.92 Å². The molecular formula is C34H43N3O4. The van der Waals surface area contributed by atoms with Crippen molar-refractivity contribution in [1.29, 1.82) is 0 Å². The fraction of sp³-hybridized carbons (Fsp3) is 0.500. The average molecular weight is 558 g/mol. The fourth-order valence-corrected chi connectivity index (χ4v) is 6.37. The average Bonchev–Trinajstić information content (AvgIpc) is 3.69. The van der Waals surface area contributed by atoms with Gasteiger partial charge in [0.05, 0.1) is 17.9 Å². The molecule has 1 aromatic heterocycles. The number of piperidine rings is 1. The van der Waals surface area contributed by atoms with E-state index in [2.05, 4.69) is 39.2 Å². The zero-order valence-electron chi connectivity index (χ0n) is 24.9. The first-order chi connectivity index (χ1) is 19.8. The van der Waals surface area contributed by atoms with E-state index in [1.165, 1.54) is 11.1 Å². The Labute approximate surface area is 243 Å². The lowest BCUT2D eigenvalue weighted by molar-refractivity contribution is -0.130. The molecule has 7 nitrogen and oxygen atoms in total. The highest BCUT2D eigenvalue weighted by Gasteiger charge is 2.44. The lowest BCUT2D eigenvalue weighted by Crippen LogP contribution is -2.41. The van der Waals surface area contributed by atoms with Crippen LogP contribution in [0.2, 0.25) is 0 Å². The topological polar surface area (TPSA) is 75.9 Å². The van der Waals surface area contributed by atoms with Gasteiger partial charge in [-0.2, -0.15) is 0 Å². The molecule has 2 fully saturated rings. The number of carbonyl (C=O) groups excluding carboxylic acids is 2. The smallest absolute Gasteiger partial charge is 0.338 e. The van der Waals surface area contributed by atoms with Gasteiger partial charge in [-0.3, -0.25) is 4.79 Å². The molecule has 7 heteroatoms. The minimum absolute atomic E-state index is 0.196. The maximum atomic E-state index is 12.7. The molecule has 5 rings (SSSR count). The number of esters is 1. The molecule has 2 heterocycles. The van der Waals surface area contributed by atoms with Crippen LogP contribution in [-0.2, 0) is 16.0 Å². The van der Waals surface area contributed by atoms with E-state index in [9.17, 15) is 9.59 Å². The van der Waals surface area contributed by atoms with Crippen molar-refractivity contribution < 1.29 is 18.8 Å². The third-order valence-corrected chi connectivity index (χ3v) is 8.79. The van der Waals surface area contributed by atoms with Crippen LogP contribution in [0.5, 0.6) is 0 Å². The summed E-state index contributed by atoms with van der Waals surface area (Å²) in [6.45, 7) is 12.0. The lowest BCUT2D eigenvalue weighted by Gasteiger charge is -2.35. The minimum Gasteiger partial charge on any atom is -0.462 e. The second kappa shape index (κ2) is 13.0. The van der Waals surface area contributed by atoms with Crippen LogP contribution < -0.4 is 0 Å². The number of aromatic nitrogens is 1. The summed E-state index contributed by atoms with van der Waals surface area (Å²) in [5, 5.41) is 4.08. The van der Waals surface area contributed by atoms with E-state index in [0.29, 0.717) is 30.0 Å². The Morgan fingerprint density at radius 3 is 2.37 bits per heavy atom. The van der Waals surface area contributed by atoms with Crippen molar-refractivity contribution in [2.75, 3.05) is 32.8 Å². The van der Waals surface area contributed by atoms with Crippen LogP contribution in [0.4, 0.5) is 0 Å². The van der Waals surface area contributed by atoms with Gasteiger partial charge in [-0.15, -0.1) is 0 Å². The lowest BCUT2D eigenvalue weighted by atomic mass is 9.95. The summed E-state index contributed by atoms with van der Waals surface area (Å²) in [5.41, 5.74) is 6.29. The number of aryl methyl sites for hydroxylation is 3. The molecule has 41 heavy (non-hydrogen) atoms. The number of nitrogens with zero attached hydrogens (tertiary/aromatic N) is 3. The molecule has 1 aliphatic heterocycles. The summed E-state index contributed by atoms with van der Waals surface area (Å²) in [6.07, 6.45) is 5.43. The largest absolute Gasteiger partial charge is 0.462 e. The molecule has 218 valence electrons. The van der Waals surface area contributed by atoms with Crippen molar-refractivity contribution in [1.82, 2.24) is 15.0 Å². The van der Waals surface area contributed by atoms with Crippen LogP contribution in [0.1, 0.15) is 78.4 Å². The molecular weight excluding hydrogens is 514 g/mol. The molecule has 1 saturated heterocycles. The van der Waals surface area contributed by atoms with Crippen LogP contribution in [-0.4, -0.2) is 65.7 Å². The Hall–Kier alpha value is -3.45. The molecule has 0 radical (unpaired) electrons. The van der Waals surface area contributed by atoms with Gasteiger partial charge in [0.15, 0.2) is 0 Å². The van der Waals surface area contributed by atoms with Crippen molar-refractivity contribution >= 4 is 11.9 Å². The van der Waals surface area contributed by atoms with Gasteiger partial charge in [0.25, 0.3) is 0 Å². The van der Waals surface area contributed by atoms with Gasteiger partial charge in [0, 0.05) is 31.0 Å². The molecule has 3 aromatic rings. The number of amides is 1. The van der Waals surface area contributed by atoms with Crippen molar-refractivity contribution in [3.8, 4) is 11.1 Å². The van der Waals surface area contributed by atoms with E-state index in [-0.39, 0.29) is 11.9 Å². The van der Waals surface area contributed by atoms with Crippen LogP contribution in [0.3, 0.4) is 0 Å². The number of hydrogen-bond acceptors (Lipinski definition) is 6. The molecule has 1 aliphatic carbocycles. The second-order valence-electron chi connectivity index (χ2n) is 11.7. The molecule has 0 N–H and O–H groups in total. The van der Waals surface area contributed by atoms with E-state index in [4.69, 9.17) is 9.26 Å². The standard InChI is InChI=1S/C34H43N3O4/c1-5-40-34(39)30-10-8-26(9-11-30)7-6-18-36-19-16-27(17-20-36)22-37(25(4)38)32-21-31(32)28-12-14-29(15-13-28)33-23(2)35-41-24(33)3/h8-15,27,31-32H,5-7,16-22H2,1-4H3. The Kier molecular flexibility index (Phi) is 9.23. The summed E-state index contributed by atoms with van der Waals surface area (Å²) in [4.78, 5) is 29.2. The van der Waals surface area contributed by atoms with Crippen molar-refractivity contribution in [2.45, 2.75) is 71.8 Å². The highest BCUT2D eigenvalue weighted by Crippen LogP contribution is 2.46. The Morgan fingerprint density at radius 2 is 1.76 bits per heavy atom. The van der Waals surface area contributed by atoms with Crippen LogP contribution >= 0.6 is 0 Å². The van der Waals surface area contributed by atoms with Gasteiger partial charge < -0.3 is 19.1 Å². The number of carbonyl (C=O) groups is 2. The SMILES string of the molecule is CCOC(=O)c1ccc(CCCN2CCC(CN(C(C)=O)C3CC3c3ccc(-c4c(C)noc4C)cc3)CC2)cc1. The normalized spacial score (nSPS) is 19.2. The molecule has 1 saturated carbocycles. The monoisotopic (exact) mass is 557 g/mol. The van der Waals surface area contributed by atoms with E-state index >= 15 is 0 Å². The van der Waals surface area contributed by atoms with Crippen molar-refractivity contribution in [2.24, 2.45) is 5.92 Å². The van der Waals surface area contributed by atoms with Gasteiger partial charge >= 0.3 is 5.97 Å². The first-order valence-corrected chi connectivity index (χ1v) is 15.1. The number of benzene rings is 2. The van der Waals surface area contributed by atoms with Crippen molar-refractivity contribution in [3.05, 3.63) is 76.7 Å². The summed E-state index contributed by atoms with van der Waals surface area (Å²) in [7, 11) is 0. The second-order valence-corrected chi connectivity index (χ2v) is 11.7. The molecule has 0 bridgehead atoms. The van der Waals surface area contributed by atoms with Gasteiger partial charge in [0.2, 0.25) is 5.91 Å². The van der Waals surface area contributed by atoms with E-state index < -0.39 is 0 Å². The molecule has 1 amide bonds. The summed E-state index contributed by atoms with van der Waals surface area (Å²) in [6, 6.07) is 16.8. The Balaban J connectivity index is 1.06. The van der Waals surface area contributed by atoms with Crippen molar-refractivity contribution in [3.63, 3.8) is 0 Å². The van der Waals surface area contributed by atoms with Gasteiger partial charge in [-0.05, 0) is 107 Å². The fourth-order valence-electron chi connectivity index (χ4n) is 6.37. The predicted molar refractivity (Wildman–Crippen MR) is 160 cm³/mol. The number of hydrogen-bond donors (Lipinski definition) is 0. The number of rotatable bonds is 11. The maximum absolute atomic E-state index is 12.7. The van der Waals surface area contributed by atoms with E-state index in [0.717, 1.165) is 80.9 Å². The highest BCUT2D eigenvalue weighted by molar-refractivity contribution is 5.89. The third kappa shape index (κ3) is 7.07. The zero-order valence-corrected chi connectivity index (χ0v) is 24.9. The third-order valence-electron chi connectivity index (χ3n) is 8.79. The maximum Gasteiger partial charge on any atom is 0.338 e. The predicted octanol–water partition coefficient (Wildman–Crippen LogP) is 6.18. The first-order valence-electron chi connectivity index (χ1n) is 15.1. The molecule has 2 aromatic carbocycles. The molecule has 0 spiro atoms. The first kappa shape index (κ1) is 29.1. The van der Waals surface area contributed by atoms with Crippen LogP contribution in [0, 0.1) is 19.8 Å². The van der Waals surface area contributed by atoms with E-state index in [1.807, 2.05) is 45.0 Å². The number of likely N-dealkylation sites (tertiary alicyclic amines) is 1. The molecule has 2 aliphatic rings. The summed E-state index contributed by atoms with van der Waals surface area (Å²) in [5.74, 6) is 1.76. The minimum atomic E-state index is -0.259. The van der Waals surface area contributed by atoms with Crippen LogP contribution in [0.15, 0.2) is 53.1 Å². The highest BCUT2D eigenvalue weighted by atomic mass is 16.5. The Bertz CT molecular complexity index is 1300. The van der Waals surface area contributed by atoms with Gasteiger partial charge in [-0.1, -0.05) is 41.6 Å². The van der Waals surface area contributed by atoms with Crippen LogP contribution in [0.25, 0.3) is 11.1 Å². The van der Waals surface area contributed by atoms with Gasteiger partial charge in [0.1, 0.15) is 5.76 Å². The zero-order chi connectivity index (χ0) is 28.9.